The van der Waals surface area contributed by atoms with E-state index in [4.69, 9.17) is 0 Å². The van der Waals surface area contributed by atoms with Gasteiger partial charge in [-0.25, -0.2) is 4.39 Å². The second-order valence-corrected chi connectivity index (χ2v) is 6.36. The molecule has 0 spiro atoms. The van der Waals surface area contributed by atoms with Crippen LogP contribution in [0.25, 0.3) is 0 Å². The van der Waals surface area contributed by atoms with Crippen LogP contribution in [0.1, 0.15) is 92.9 Å². The van der Waals surface area contributed by atoms with Crippen LogP contribution in [0.5, 0.6) is 0 Å². The predicted molar refractivity (Wildman–Crippen MR) is 98.0 cm³/mol. The second kappa shape index (κ2) is 14.2. The van der Waals surface area contributed by atoms with Crippen molar-refractivity contribution in [2.45, 2.75) is 105 Å². The summed E-state index contributed by atoms with van der Waals surface area (Å²) in [6.45, 7) is 15.6. The molecule has 134 valence electrons. The van der Waals surface area contributed by atoms with Crippen LogP contribution in [0.3, 0.4) is 0 Å². The Hall–Kier alpha value is -0.370. The Morgan fingerprint density at radius 2 is 1.50 bits per heavy atom. The lowest BCUT2D eigenvalue weighted by molar-refractivity contribution is -0.0765. The monoisotopic (exact) mass is 316 g/mol. The molecule has 0 aromatic carbocycles. The number of aliphatic hydroxyl groups is 1. The summed E-state index contributed by atoms with van der Waals surface area (Å²) in [4.78, 5) is 0. The van der Waals surface area contributed by atoms with Gasteiger partial charge in [-0.1, -0.05) is 46.6 Å². The van der Waals surface area contributed by atoms with Crippen LogP contribution < -0.4 is 0 Å². The zero-order valence-corrected chi connectivity index (χ0v) is 16.0. The van der Waals surface area contributed by atoms with E-state index < -0.39 is 11.8 Å². The molecule has 1 fully saturated rings. The molecule has 0 aliphatic heterocycles. The standard InChI is InChI=1S/C15H29FO.C3H6.C2H6/c1-4-6-12(7-5-2)15(3,17)13-8-10-14(16)11-9-13;1-3-2;1-2/h12-14,17H,4-11H2,1-3H3;3H,1H2,2H3;1-2H3. The molecular weight excluding hydrogens is 275 g/mol. The Morgan fingerprint density at radius 1 is 1.14 bits per heavy atom. The fourth-order valence-electron chi connectivity index (χ4n) is 3.40. The van der Waals surface area contributed by atoms with Crippen molar-refractivity contribution in [2.75, 3.05) is 0 Å². The Morgan fingerprint density at radius 3 is 1.82 bits per heavy atom. The van der Waals surface area contributed by atoms with Crippen molar-refractivity contribution in [3.8, 4) is 0 Å². The molecule has 1 aliphatic rings. The largest absolute Gasteiger partial charge is 0.390 e. The van der Waals surface area contributed by atoms with Gasteiger partial charge in [0, 0.05) is 0 Å². The number of rotatable bonds is 6. The summed E-state index contributed by atoms with van der Waals surface area (Å²) in [6, 6.07) is 0. The van der Waals surface area contributed by atoms with E-state index in [0.717, 1.165) is 38.5 Å². The second-order valence-electron chi connectivity index (χ2n) is 6.36. The number of hydrogen-bond donors (Lipinski definition) is 1. The summed E-state index contributed by atoms with van der Waals surface area (Å²) in [5.74, 6) is 0.691. The maximum absolute atomic E-state index is 13.2. The molecule has 1 atom stereocenters. The molecule has 0 aromatic rings. The highest BCUT2D eigenvalue weighted by Crippen LogP contribution is 2.40. The van der Waals surface area contributed by atoms with Gasteiger partial charge >= 0.3 is 0 Å². The highest BCUT2D eigenvalue weighted by Gasteiger charge is 2.40. The van der Waals surface area contributed by atoms with Gasteiger partial charge in [0.25, 0.3) is 0 Å². The van der Waals surface area contributed by atoms with Crippen LogP contribution in [-0.2, 0) is 0 Å². The topological polar surface area (TPSA) is 20.2 Å². The van der Waals surface area contributed by atoms with Crippen molar-refractivity contribution in [1.29, 1.82) is 0 Å². The highest BCUT2D eigenvalue weighted by molar-refractivity contribution is 4.91. The maximum atomic E-state index is 13.2. The molecule has 22 heavy (non-hydrogen) atoms. The predicted octanol–water partition coefficient (Wildman–Crippen LogP) is 6.70. The van der Waals surface area contributed by atoms with Crippen LogP contribution in [0.15, 0.2) is 12.7 Å². The molecule has 1 unspecified atom stereocenters. The zero-order valence-electron chi connectivity index (χ0n) is 16.0. The van der Waals surface area contributed by atoms with Crippen molar-refractivity contribution in [1.82, 2.24) is 0 Å². The van der Waals surface area contributed by atoms with Gasteiger partial charge in [-0.15, -0.1) is 6.58 Å². The molecule has 0 heterocycles. The molecule has 0 saturated heterocycles. The van der Waals surface area contributed by atoms with Gasteiger partial charge in [0.1, 0.15) is 6.17 Å². The molecule has 2 heteroatoms. The molecule has 1 rings (SSSR count). The van der Waals surface area contributed by atoms with Gasteiger partial charge in [-0.3, -0.25) is 0 Å². The lowest BCUT2D eigenvalue weighted by Gasteiger charge is -2.42. The highest BCUT2D eigenvalue weighted by atomic mass is 19.1. The zero-order chi connectivity index (χ0) is 17.6. The van der Waals surface area contributed by atoms with Gasteiger partial charge in [-0.2, -0.15) is 0 Å². The van der Waals surface area contributed by atoms with Crippen molar-refractivity contribution in [2.24, 2.45) is 11.8 Å². The average molecular weight is 317 g/mol. The lowest BCUT2D eigenvalue weighted by atomic mass is 9.69. The quantitative estimate of drug-likeness (QED) is 0.540. The molecule has 1 N–H and O–H groups in total. The van der Waals surface area contributed by atoms with Crippen LogP contribution in [-0.4, -0.2) is 16.9 Å². The molecule has 1 aliphatic carbocycles. The smallest absolute Gasteiger partial charge is 0.100 e. The molecule has 0 aromatic heterocycles. The van der Waals surface area contributed by atoms with Crippen molar-refractivity contribution in [3.05, 3.63) is 12.7 Å². The summed E-state index contributed by atoms with van der Waals surface area (Å²) in [6.07, 6.45) is 8.57. The van der Waals surface area contributed by atoms with Gasteiger partial charge < -0.3 is 5.11 Å². The average Bonchev–Trinajstić information content (AvgIpc) is 2.50. The minimum Gasteiger partial charge on any atom is -0.390 e. The van der Waals surface area contributed by atoms with Crippen molar-refractivity contribution in [3.63, 3.8) is 0 Å². The van der Waals surface area contributed by atoms with E-state index >= 15 is 0 Å². The number of hydrogen-bond acceptors (Lipinski definition) is 1. The Kier molecular flexibility index (Phi) is 15.5. The van der Waals surface area contributed by atoms with E-state index in [2.05, 4.69) is 20.4 Å². The summed E-state index contributed by atoms with van der Waals surface area (Å²) < 4.78 is 13.2. The summed E-state index contributed by atoms with van der Waals surface area (Å²) in [7, 11) is 0. The van der Waals surface area contributed by atoms with E-state index in [1.807, 2.05) is 27.7 Å². The molecule has 1 saturated carbocycles. The van der Waals surface area contributed by atoms with Gasteiger partial charge in [0.15, 0.2) is 0 Å². The summed E-state index contributed by atoms with van der Waals surface area (Å²) in [5.41, 5.74) is -0.591. The molecule has 0 radical (unpaired) electrons. The normalized spacial score (nSPS) is 23.5. The first-order valence-corrected chi connectivity index (χ1v) is 9.37. The van der Waals surface area contributed by atoms with Gasteiger partial charge in [-0.05, 0) is 64.2 Å². The maximum Gasteiger partial charge on any atom is 0.100 e. The summed E-state index contributed by atoms with van der Waals surface area (Å²) in [5, 5.41) is 10.8. The number of allylic oxidation sites excluding steroid dienone is 1. The fourth-order valence-corrected chi connectivity index (χ4v) is 3.40. The molecular formula is C20H41FO. The Labute approximate surface area is 139 Å². The molecule has 0 bridgehead atoms. The van der Waals surface area contributed by atoms with E-state index in [1.165, 1.54) is 0 Å². The van der Waals surface area contributed by atoms with Crippen LogP contribution >= 0.6 is 0 Å². The minimum atomic E-state index is -0.627. The number of alkyl halides is 1. The Bertz CT molecular complexity index is 236. The third-order valence-corrected chi connectivity index (χ3v) is 4.58. The van der Waals surface area contributed by atoms with Crippen molar-refractivity contribution >= 4 is 0 Å². The number of halogens is 1. The third kappa shape index (κ3) is 8.92. The van der Waals surface area contributed by atoms with E-state index in [0.29, 0.717) is 24.7 Å². The van der Waals surface area contributed by atoms with E-state index in [9.17, 15) is 9.50 Å². The first-order valence-electron chi connectivity index (χ1n) is 9.37. The van der Waals surface area contributed by atoms with E-state index in [-0.39, 0.29) is 0 Å². The van der Waals surface area contributed by atoms with Crippen molar-refractivity contribution < 1.29 is 9.50 Å². The first kappa shape index (κ1) is 23.9. The minimum absolute atomic E-state index is 0.303. The fraction of sp³-hybridized carbons (Fsp3) is 0.900. The van der Waals surface area contributed by atoms with Crippen LogP contribution in [0.2, 0.25) is 0 Å². The first-order chi connectivity index (χ1) is 10.4. The van der Waals surface area contributed by atoms with Gasteiger partial charge in [0.05, 0.1) is 5.60 Å². The van der Waals surface area contributed by atoms with Gasteiger partial charge in [0.2, 0.25) is 0 Å². The SMILES string of the molecule is C=CC.CC.CCCC(CCC)C(C)(O)C1CCC(F)CC1. The lowest BCUT2D eigenvalue weighted by Crippen LogP contribution is -2.44. The van der Waals surface area contributed by atoms with Crippen LogP contribution in [0.4, 0.5) is 4.39 Å². The third-order valence-electron chi connectivity index (χ3n) is 4.58. The van der Waals surface area contributed by atoms with E-state index in [1.54, 1.807) is 6.08 Å². The Balaban J connectivity index is 0. The molecule has 1 nitrogen and oxygen atoms in total. The van der Waals surface area contributed by atoms with Crippen LogP contribution in [0, 0.1) is 11.8 Å². The molecule has 0 amide bonds. The summed E-state index contributed by atoms with van der Waals surface area (Å²) >= 11 is 0.